The number of benzene rings is 1. The molecule has 0 aromatic heterocycles. The van der Waals surface area contributed by atoms with Gasteiger partial charge < -0.3 is 4.90 Å². The van der Waals surface area contributed by atoms with Crippen LogP contribution in [0.4, 0.5) is 5.69 Å². The van der Waals surface area contributed by atoms with Crippen LogP contribution in [0.2, 0.25) is 0 Å². The van der Waals surface area contributed by atoms with Crippen molar-refractivity contribution >= 4 is 21.6 Å². The Labute approximate surface area is 132 Å². The monoisotopic (exact) mass is 324 g/mol. The van der Waals surface area contributed by atoms with Crippen LogP contribution in [0.1, 0.15) is 44.0 Å². The molecule has 1 fully saturated rings. The van der Waals surface area contributed by atoms with Crippen molar-refractivity contribution in [2.45, 2.75) is 45.7 Å². The van der Waals surface area contributed by atoms with E-state index in [2.05, 4.69) is 25.5 Å². The van der Waals surface area contributed by atoms with Crippen molar-refractivity contribution in [3.63, 3.8) is 0 Å². The second-order valence-corrected chi connectivity index (χ2v) is 8.13. The van der Waals surface area contributed by atoms with Crippen LogP contribution >= 0.6 is 0 Å². The van der Waals surface area contributed by atoms with Crippen LogP contribution in [0.5, 0.6) is 0 Å². The van der Waals surface area contributed by atoms with Crippen molar-refractivity contribution in [2.24, 2.45) is 5.92 Å². The lowest BCUT2D eigenvalue weighted by atomic mass is 10.0. The lowest BCUT2D eigenvalue weighted by molar-refractivity contribution is 0.0628. The Morgan fingerprint density at radius 2 is 1.91 bits per heavy atom. The quantitative estimate of drug-likeness (QED) is 0.875. The topological polar surface area (TPSA) is 66.5 Å². The molecule has 0 spiro atoms. The van der Waals surface area contributed by atoms with Gasteiger partial charge in [-0.25, -0.2) is 8.42 Å². The van der Waals surface area contributed by atoms with Crippen LogP contribution in [0.15, 0.2) is 24.3 Å². The second kappa shape index (κ2) is 6.28. The van der Waals surface area contributed by atoms with Gasteiger partial charge in [0, 0.05) is 23.3 Å². The summed E-state index contributed by atoms with van der Waals surface area (Å²) >= 11 is 0. The Kier molecular flexibility index (Phi) is 4.80. The van der Waals surface area contributed by atoms with Crippen LogP contribution < -0.4 is 4.72 Å². The predicted molar refractivity (Wildman–Crippen MR) is 88.4 cm³/mol. The Hall–Kier alpha value is -1.56. The number of hydrogen-bond donors (Lipinski definition) is 1. The van der Waals surface area contributed by atoms with Crippen LogP contribution in [-0.2, 0) is 10.0 Å². The summed E-state index contributed by atoms with van der Waals surface area (Å²) < 4.78 is 25.1. The van der Waals surface area contributed by atoms with E-state index in [1.807, 2.05) is 4.90 Å². The van der Waals surface area contributed by atoms with Gasteiger partial charge in [-0.1, -0.05) is 19.9 Å². The van der Waals surface area contributed by atoms with Gasteiger partial charge in [-0.3, -0.25) is 9.52 Å². The van der Waals surface area contributed by atoms with Crippen molar-refractivity contribution in [3.8, 4) is 0 Å². The number of nitrogens with zero attached hydrogens (tertiary/aromatic N) is 1. The van der Waals surface area contributed by atoms with E-state index in [1.165, 1.54) is 0 Å². The molecule has 1 aromatic rings. The molecule has 122 valence electrons. The van der Waals surface area contributed by atoms with E-state index >= 15 is 0 Å². The molecule has 0 bridgehead atoms. The minimum Gasteiger partial charge on any atom is -0.333 e. The Bertz CT molecular complexity index is 651. The summed E-state index contributed by atoms with van der Waals surface area (Å²) in [6.45, 7) is 6.28. The van der Waals surface area contributed by atoms with Crippen LogP contribution in [0.3, 0.4) is 0 Å². The van der Waals surface area contributed by atoms with Crippen molar-refractivity contribution in [2.75, 3.05) is 11.0 Å². The molecule has 22 heavy (non-hydrogen) atoms. The minimum absolute atomic E-state index is 0.0270. The maximum absolute atomic E-state index is 12.8. The highest BCUT2D eigenvalue weighted by atomic mass is 32.2. The first-order valence-electron chi connectivity index (χ1n) is 7.59. The fraction of sp³-hybridized carbons (Fsp3) is 0.562. The number of amides is 1. The molecule has 0 unspecified atom stereocenters. The van der Waals surface area contributed by atoms with Gasteiger partial charge in [0.2, 0.25) is 10.0 Å². The highest BCUT2D eigenvalue weighted by molar-refractivity contribution is 7.92. The average Bonchev–Trinajstić information content (AvgIpc) is 3.21. The molecule has 1 amide bonds. The van der Waals surface area contributed by atoms with Gasteiger partial charge in [-0.15, -0.1) is 0 Å². The molecule has 0 heterocycles. The molecule has 2 rings (SSSR count). The largest absolute Gasteiger partial charge is 0.333 e. The average molecular weight is 324 g/mol. The molecule has 1 aliphatic carbocycles. The van der Waals surface area contributed by atoms with Crippen LogP contribution in [0.25, 0.3) is 0 Å². The van der Waals surface area contributed by atoms with E-state index in [0.717, 1.165) is 19.1 Å². The lowest BCUT2D eigenvalue weighted by Gasteiger charge is -2.32. The van der Waals surface area contributed by atoms with Gasteiger partial charge in [-0.2, -0.15) is 0 Å². The first-order valence-corrected chi connectivity index (χ1v) is 9.48. The molecule has 0 saturated heterocycles. The summed E-state index contributed by atoms with van der Waals surface area (Å²) in [6.07, 6.45) is 3.19. The summed E-state index contributed by atoms with van der Waals surface area (Å²) in [6, 6.07) is 7.16. The van der Waals surface area contributed by atoms with Crippen molar-refractivity contribution < 1.29 is 13.2 Å². The van der Waals surface area contributed by atoms with Gasteiger partial charge in [0.1, 0.15) is 0 Å². The third-order valence-corrected chi connectivity index (χ3v) is 4.60. The van der Waals surface area contributed by atoms with Crippen molar-refractivity contribution in [1.29, 1.82) is 0 Å². The van der Waals surface area contributed by atoms with Gasteiger partial charge >= 0.3 is 0 Å². The molecular weight excluding hydrogens is 300 g/mol. The van der Waals surface area contributed by atoms with Crippen LogP contribution in [-0.4, -0.2) is 37.6 Å². The number of sulfonamides is 1. The smallest absolute Gasteiger partial charge is 0.254 e. The van der Waals surface area contributed by atoms with E-state index in [1.54, 1.807) is 24.3 Å². The number of nitrogens with one attached hydrogen (secondary N) is 1. The molecule has 1 aromatic carbocycles. The molecule has 6 heteroatoms. The fourth-order valence-corrected chi connectivity index (χ4v) is 2.99. The summed E-state index contributed by atoms with van der Waals surface area (Å²) in [5, 5.41) is 0. The van der Waals surface area contributed by atoms with E-state index in [9.17, 15) is 13.2 Å². The number of rotatable bonds is 6. The Morgan fingerprint density at radius 1 is 1.27 bits per heavy atom. The van der Waals surface area contributed by atoms with Crippen molar-refractivity contribution in [3.05, 3.63) is 29.8 Å². The van der Waals surface area contributed by atoms with Gasteiger partial charge in [0.25, 0.3) is 5.91 Å². The molecule has 1 saturated carbocycles. The molecule has 1 atom stereocenters. The SMILES string of the molecule is CC(C)[C@@H](C)N(C(=O)c1cccc(NS(C)(=O)=O)c1)C1CC1. The maximum atomic E-state index is 12.8. The Balaban J connectivity index is 2.25. The molecule has 1 N–H and O–H groups in total. The lowest BCUT2D eigenvalue weighted by Crippen LogP contribution is -2.43. The third-order valence-electron chi connectivity index (χ3n) is 3.99. The van der Waals surface area contributed by atoms with E-state index in [0.29, 0.717) is 23.2 Å². The molecular formula is C16H24N2O3S. The summed E-state index contributed by atoms with van der Waals surface area (Å²) in [7, 11) is -3.35. The maximum Gasteiger partial charge on any atom is 0.254 e. The highest BCUT2D eigenvalue weighted by Crippen LogP contribution is 2.32. The zero-order valence-corrected chi connectivity index (χ0v) is 14.4. The second-order valence-electron chi connectivity index (χ2n) is 6.38. The molecule has 0 aliphatic heterocycles. The molecule has 1 aliphatic rings. The summed E-state index contributed by atoms with van der Waals surface area (Å²) in [4.78, 5) is 14.8. The normalized spacial score (nSPS) is 16.4. The Morgan fingerprint density at radius 3 is 2.41 bits per heavy atom. The standard InChI is InChI=1S/C16H24N2O3S/c1-11(2)12(3)18(15-8-9-15)16(19)13-6-5-7-14(10-13)17-22(4,20)21/h5-7,10-12,15,17H,8-9H2,1-4H3/t12-/m1/s1. The first-order chi connectivity index (χ1) is 10.2. The predicted octanol–water partition coefficient (Wildman–Crippen LogP) is 2.71. The molecule has 0 radical (unpaired) electrons. The minimum atomic E-state index is -3.35. The zero-order chi connectivity index (χ0) is 16.5. The van der Waals surface area contributed by atoms with E-state index in [4.69, 9.17) is 0 Å². The molecule has 5 nitrogen and oxygen atoms in total. The number of carbonyl (C=O) groups excluding carboxylic acids is 1. The summed E-state index contributed by atoms with van der Waals surface area (Å²) in [5.41, 5.74) is 0.939. The van der Waals surface area contributed by atoms with E-state index < -0.39 is 10.0 Å². The number of carbonyl (C=O) groups is 1. The number of hydrogen-bond acceptors (Lipinski definition) is 3. The number of anilines is 1. The zero-order valence-electron chi connectivity index (χ0n) is 13.5. The van der Waals surface area contributed by atoms with E-state index in [-0.39, 0.29) is 11.9 Å². The van der Waals surface area contributed by atoms with Crippen molar-refractivity contribution in [1.82, 2.24) is 4.90 Å². The van der Waals surface area contributed by atoms with Gasteiger partial charge in [-0.05, 0) is 43.9 Å². The van der Waals surface area contributed by atoms with Crippen LogP contribution in [0, 0.1) is 5.92 Å². The third kappa shape index (κ3) is 4.22. The highest BCUT2D eigenvalue weighted by Gasteiger charge is 2.37. The van der Waals surface area contributed by atoms with Gasteiger partial charge in [0.15, 0.2) is 0 Å². The van der Waals surface area contributed by atoms with Gasteiger partial charge in [0.05, 0.1) is 6.26 Å². The summed E-state index contributed by atoms with van der Waals surface area (Å²) in [5.74, 6) is 0.350. The first kappa shape index (κ1) is 16.8. The fourth-order valence-electron chi connectivity index (χ4n) is 2.44.